The van der Waals surface area contributed by atoms with Crippen LogP contribution in [0.2, 0.25) is 0 Å². The van der Waals surface area contributed by atoms with Crippen LogP contribution in [0.1, 0.15) is 56.9 Å². The summed E-state index contributed by atoms with van der Waals surface area (Å²) in [7, 11) is 3.32. The van der Waals surface area contributed by atoms with Crippen LogP contribution in [0.5, 0.6) is 11.5 Å². The van der Waals surface area contributed by atoms with Crippen LogP contribution in [0.25, 0.3) is 0 Å². The molecule has 1 aliphatic heterocycles. The van der Waals surface area contributed by atoms with Crippen LogP contribution in [0.3, 0.4) is 0 Å². The van der Waals surface area contributed by atoms with Gasteiger partial charge in [-0.05, 0) is 37.1 Å². The molecule has 0 N–H and O–H groups in total. The Hall–Kier alpha value is -2.08. The van der Waals surface area contributed by atoms with Crippen molar-refractivity contribution in [1.29, 1.82) is 0 Å². The van der Waals surface area contributed by atoms with E-state index in [1.54, 1.807) is 14.2 Å². The van der Waals surface area contributed by atoms with Gasteiger partial charge in [0.25, 0.3) is 0 Å². The molecule has 2 heterocycles. The van der Waals surface area contributed by atoms with Crippen LogP contribution in [-0.2, 0) is 12.0 Å². The Morgan fingerprint density at radius 1 is 1.20 bits per heavy atom. The van der Waals surface area contributed by atoms with E-state index >= 15 is 0 Å². The maximum atomic E-state index is 5.47. The van der Waals surface area contributed by atoms with Gasteiger partial charge >= 0.3 is 0 Å². The van der Waals surface area contributed by atoms with Crippen molar-refractivity contribution in [3.8, 4) is 11.5 Å². The summed E-state index contributed by atoms with van der Waals surface area (Å²) in [4.78, 5) is 6.96. The first-order valence-electron chi connectivity index (χ1n) is 8.71. The molecule has 1 aromatic carbocycles. The Morgan fingerprint density at radius 2 is 1.96 bits per heavy atom. The lowest BCUT2D eigenvalue weighted by Gasteiger charge is -2.24. The highest BCUT2D eigenvalue weighted by atomic mass is 16.5. The molecular formula is C19H27N3O3. The largest absolute Gasteiger partial charge is 0.493 e. The quantitative estimate of drug-likeness (QED) is 0.823. The Kier molecular flexibility index (Phi) is 4.99. The molecular weight excluding hydrogens is 318 g/mol. The minimum absolute atomic E-state index is 0.102. The number of hydrogen-bond acceptors (Lipinski definition) is 6. The maximum absolute atomic E-state index is 5.47. The summed E-state index contributed by atoms with van der Waals surface area (Å²) in [6.45, 7) is 7.95. The Bertz CT molecular complexity index is 721. The Balaban J connectivity index is 1.78. The van der Waals surface area contributed by atoms with Gasteiger partial charge in [0.1, 0.15) is 0 Å². The topological polar surface area (TPSA) is 60.6 Å². The molecule has 0 aliphatic carbocycles. The third-order valence-electron chi connectivity index (χ3n) is 4.63. The van der Waals surface area contributed by atoms with Crippen molar-refractivity contribution in [2.24, 2.45) is 0 Å². The number of ether oxygens (including phenoxy) is 2. The van der Waals surface area contributed by atoms with Crippen molar-refractivity contribution in [1.82, 2.24) is 15.0 Å². The average Bonchev–Trinajstić information content (AvgIpc) is 3.23. The van der Waals surface area contributed by atoms with Gasteiger partial charge in [-0.15, -0.1) is 0 Å². The summed E-state index contributed by atoms with van der Waals surface area (Å²) in [5, 5.41) is 4.13. The Labute approximate surface area is 149 Å². The van der Waals surface area contributed by atoms with E-state index in [0.29, 0.717) is 18.5 Å². The number of nitrogens with zero attached hydrogens (tertiary/aromatic N) is 3. The summed E-state index contributed by atoms with van der Waals surface area (Å²) in [5.41, 5.74) is 1.13. The predicted octanol–water partition coefficient (Wildman–Crippen LogP) is 3.72. The van der Waals surface area contributed by atoms with Gasteiger partial charge in [-0.25, -0.2) is 0 Å². The van der Waals surface area contributed by atoms with Crippen LogP contribution in [0, 0.1) is 0 Å². The molecule has 1 fully saturated rings. The molecule has 6 nitrogen and oxygen atoms in total. The highest BCUT2D eigenvalue weighted by molar-refractivity contribution is 5.44. The molecule has 0 radical (unpaired) electrons. The molecule has 136 valence electrons. The molecule has 2 aromatic rings. The standard InChI is InChI=1S/C19H27N3O3/c1-19(2,3)18-20-17(25-21-18)12-22-10-6-7-14(22)13-8-9-15(23-4)16(11-13)24-5/h8-9,11,14H,6-7,10,12H2,1-5H3/t14-/m0/s1. The lowest BCUT2D eigenvalue weighted by molar-refractivity contribution is 0.211. The van der Waals surface area contributed by atoms with Crippen LogP contribution in [0.4, 0.5) is 0 Å². The number of likely N-dealkylation sites (tertiary alicyclic amines) is 1. The fraction of sp³-hybridized carbons (Fsp3) is 0.579. The number of hydrogen-bond donors (Lipinski definition) is 0. The minimum atomic E-state index is -0.102. The van der Waals surface area contributed by atoms with Crippen molar-refractivity contribution in [2.75, 3.05) is 20.8 Å². The smallest absolute Gasteiger partial charge is 0.240 e. The highest BCUT2D eigenvalue weighted by Gasteiger charge is 2.29. The lowest BCUT2D eigenvalue weighted by atomic mass is 9.96. The molecule has 1 aromatic heterocycles. The molecule has 1 aliphatic rings. The average molecular weight is 345 g/mol. The van der Waals surface area contributed by atoms with E-state index in [-0.39, 0.29) is 5.41 Å². The van der Waals surface area contributed by atoms with Crippen LogP contribution < -0.4 is 9.47 Å². The van der Waals surface area contributed by atoms with Crippen LogP contribution in [-0.4, -0.2) is 35.8 Å². The number of aromatic nitrogens is 2. The number of benzene rings is 1. The maximum Gasteiger partial charge on any atom is 0.240 e. The number of methoxy groups -OCH3 is 2. The van der Waals surface area contributed by atoms with Crippen molar-refractivity contribution in [3.05, 3.63) is 35.5 Å². The summed E-state index contributed by atoms with van der Waals surface area (Å²) in [5.74, 6) is 2.95. The third kappa shape index (κ3) is 3.79. The van der Waals surface area contributed by atoms with Gasteiger partial charge < -0.3 is 14.0 Å². The van der Waals surface area contributed by atoms with Gasteiger partial charge in [0.05, 0.1) is 20.8 Å². The molecule has 25 heavy (non-hydrogen) atoms. The zero-order valence-corrected chi connectivity index (χ0v) is 15.7. The van der Waals surface area contributed by atoms with E-state index in [1.807, 2.05) is 6.07 Å². The van der Waals surface area contributed by atoms with Crippen LogP contribution >= 0.6 is 0 Å². The van der Waals surface area contributed by atoms with E-state index in [4.69, 9.17) is 14.0 Å². The Morgan fingerprint density at radius 3 is 2.60 bits per heavy atom. The molecule has 1 atom stereocenters. The van der Waals surface area contributed by atoms with Gasteiger partial charge in [0.2, 0.25) is 5.89 Å². The molecule has 6 heteroatoms. The second-order valence-corrected chi connectivity index (χ2v) is 7.50. The van der Waals surface area contributed by atoms with Gasteiger partial charge in [0, 0.05) is 11.5 Å². The van der Waals surface area contributed by atoms with Crippen molar-refractivity contribution < 1.29 is 14.0 Å². The molecule has 0 spiro atoms. The summed E-state index contributed by atoms with van der Waals surface area (Å²) < 4.78 is 16.3. The van der Waals surface area contributed by atoms with E-state index in [2.05, 4.69) is 47.9 Å². The molecule has 0 saturated carbocycles. The molecule has 3 rings (SSSR count). The minimum Gasteiger partial charge on any atom is -0.493 e. The van der Waals surface area contributed by atoms with Crippen molar-refractivity contribution >= 4 is 0 Å². The monoisotopic (exact) mass is 345 g/mol. The predicted molar refractivity (Wildman–Crippen MR) is 94.9 cm³/mol. The number of rotatable bonds is 5. The van der Waals surface area contributed by atoms with E-state index in [1.165, 1.54) is 5.56 Å². The zero-order valence-electron chi connectivity index (χ0n) is 15.7. The van der Waals surface area contributed by atoms with E-state index in [0.717, 1.165) is 36.7 Å². The second kappa shape index (κ2) is 7.04. The first kappa shape index (κ1) is 17.7. The first-order valence-corrected chi connectivity index (χ1v) is 8.71. The van der Waals surface area contributed by atoms with Crippen molar-refractivity contribution in [2.45, 2.75) is 51.6 Å². The first-order chi connectivity index (χ1) is 11.9. The van der Waals surface area contributed by atoms with Gasteiger partial charge in [-0.2, -0.15) is 4.98 Å². The van der Waals surface area contributed by atoms with Gasteiger partial charge in [0.15, 0.2) is 17.3 Å². The fourth-order valence-corrected chi connectivity index (χ4v) is 3.25. The molecule has 0 unspecified atom stereocenters. The summed E-state index contributed by atoms with van der Waals surface area (Å²) in [6, 6.07) is 6.47. The fourth-order valence-electron chi connectivity index (χ4n) is 3.25. The van der Waals surface area contributed by atoms with Crippen LogP contribution in [0.15, 0.2) is 22.7 Å². The lowest BCUT2D eigenvalue weighted by Crippen LogP contribution is -2.23. The zero-order chi connectivity index (χ0) is 18.0. The third-order valence-corrected chi connectivity index (χ3v) is 4.63. The highest BCUT2D eigenvalue weighted by Crippen LogP contribution is 2.37. The van der Waals surface area contributed by atoms with Crippen molar-refractivity contribution in [3.63, 3.8) is 0 Å². The normalized spacial score (nSPS) is 18.5. The van der Waals surface area contributed by atoms with Gasteiger partial charge in [-0.1, -0.05) is 32.0 Å². The molecule has 0 amide bonds. The van der Waals surface area contributed by atoms with Gasteiger partial charge in [-0.3, -0.25) is 4.90 Å². The van der Waals surface area contributed by atoms with E-state index < -0.39 is 0 Å². The summed E-state index contributed by atoms with van der Waals surface area (Å²) in [6.07, 6.45) is 2.26. The SMILES string of the molecule is COc1ccc([C@@H]2CCCN2Cc2nc(C(C)(C)C)no2)cc1OC. The molecule has 1 saturated heterocycles. The molecule has 0 bridgehead atoms. The second-order valence-electron chi connectivity index (χ2n) is 7.50. The summed E-state index contributed by atoms with van der Waals surface area (Å²) >= 11 is 0. The van der Waals surface area contributed by atoms with E-state index in [9.17, 15) is 0 Å².